The highest BCUT2D eigenvalue weighted by molar-refractivity contribution is 6.00. The SMILES string of the molecule is CCOc1ccc(C(=O)C(C)(C)C)cc1N. The van der Waals surface area contributed by atoms with E-state index >= 15 is 0 Å². The largest absolute Gasteiger partial charge is 0.492 e. The van der Waals surface area contributed by atoms with Crippen LogP contribution in [0, 0.1) is 5.41 Å². The molecule has 0 atom stereocenters. The van der Waals surface area contributed by atoms with Gasteiger partial charge in [-0.2, -0.15) is 0 Å². The van der Waals surface area contributed by atoms with E-state index in [0.29, 0.717) is 23.6 Å². The lowest BCUT2D eigenvalue weighted by molar-refractivity contribution is 0.0858. The van der Waals surface area contributed by atoms with Gasteiger partial charge in [-0.1, -0.05) is 20.8 Å². The summed E-state index contributed by atoms with van der Waals surface area (Å²) < 4.78 is 5.32. The third-order valence-electron chi connectivity index (χ3n) is 2.25. The molecule has 0 unspecified atom stereocenters. The van der Waals surface area contributed by atoms with E-state index < -0.39 is 0 Å². The fraction of sp³-hybridized carbons (Fsp3) is 0.462. The highest BCUT2D eigenvalue weighted by Gasteiger charge is 2.23. The molecule has 2 N–H and O–H groups in total. The number of rotatable bonds is 3. The summed E-state index contributed by atoms with van der Waals surface area (Å²) in [7, 11) is 0. The summed E-state index contributed by atoms with van der Waals surface area (Å²) in [5, 5.41) is 0. The first-order valence-corrected chi connectivity index (χ1v) is 5.43. The lowest BCUT2D eigenvalue weighted by Gasteiger charge is -2.17. The third kappa shape index (κ3) is 2.75. The van der Waals surface area contributed by atoms with E-state index in [1.54, 1.807) is 18.2 Å². The van der Waals surface area contributed by atoms with Gasteiger partial charge in [-0.05, 0) is 25.1 Å². The van der Waals surface area contributed by atoms with Crippen molar-refractivity contribution in [3.8, 4) is 5.75 Å². The summed E-state index contributed by atoms with van der Waals surface area (Å²) in [5.41, 5.74) is 6.57. The number of carbonyl (C=O) groups excluding carboxylic acids is 1. The molecular weight excluding hydrogens is 202 g/mol. The molecule has 0 aromatic heterocycles. The van der Waals surface area contributed by atoms with Gasteiger partial charge in [0.25, 0.3) is 0 Å². The molecule has 0 aliphatic carbocycles. The molecule has 1 rings (SSSR count). The van der Waals surface area contributed by atoms with Crippen molar-refractivity contribution >= 4 is 11.5 Å². The number of nitrogens with two attached hydrogens (primary N) is 1. The second-order valence-corrected chi connectivity index (χ2v) is 4.76. The summed E-state index contributed by atoms with van der Waals surface area (Å²) in [4.78, 5) is 12.0. The number of anilines is 1. The number of carbonyl (C=O) groups is 1. The molecule has 0 aliphatic rings. The van der Waals surface area contributed by atoms with Crippen LogP contribution >= 0.6 is 0 Å². The van der Waals surface area contributed by atoms with Crippen molar-refractivity contribution in [3.05, 3.63) is 23.8 Å². The topological polar surface area (TPSA) is 52.3 Å². The van der Waals surface area contributed by atoms with E-state index in [1.165, 1.54) is 0 Å². The van der Waals surface area contributed by atoms with Crippen LogP contribution in [0.25, 0.3) is 0 Å². The monoisotopic (exact) mass is 221 g/mol. The normalized spacial score (nSPS) is 11.2. The number of hydrogen-bond acceptors (Lipinski definition) is 3. The average Bonchev–Trinajstić information content (AvgIpc) is 2.19. The quantitative estimate of drug-likeness (QED) is 0.630. The Morgan fingerprint density at radius 3 is 2.44 bits per heavy atom. The standard InChI is InChI=1S/C13H19NO2/c1-5-16-11-7-6-9(8-10(11)14)12(15)13(2,3)4/h6-8H,5,14H2,1-4H3. The van der Waals surface area contributed by atoms with Crippen LogP contribution in [0.2, 0.25) is 0 Å². The number of Topliss-reactive ketones (excluding diaryl/α,β-unsaturated/α-hetero) is 1. The molecule has 0 saturated heterocycles. The van der Waals surface area contributed by atoms with E-state index in [2.05, 4.69) is 0 Å². The maximum absolute atomic E-state index is 12.0. The summed E-state index contributed by atoms with van der Waals surface area (Å²) in [6, 6.07) is 5.19. The Labute approximate surface area is 96.6 Å². The van der Waals surface area contributed by atoms with Gasteiger partial charge in [-0.15, -0.1) is 0 Å². The number of ketones is 1. The lowest BCUT2D eigenvalue weighted by Crippen LogP contribution is -2.20. The fourth-order valence-corrected chi connectivity index (χ4v) is 1.41. The molecule has 0 bridgehead atoms. The van der Waals surface area contributed by atoms with Crippen molar-refractivity contribution in [2.75, 3.05) is 12.3 Å². The molecule has 3 nitrogen and oxygen atoms in total. The Kier molecular flexibility index (Phi) is 3.58. The highest BCUT2D eigenvalue weighted by Crippen LogP contribution is 2.27. The van der Waals surface area contributed by atoms with Crippen LogP contribution in [0.5, 0.6) is 5.75 Å². The highest BCUT2D eigenvalue weighted by atomic mass is 16.5. The van der Waals surface area contributed by atoms with Crippen molar-refractivity contribution in [1.82, 2.24) is 0 Å². The van der Waals surface area contributed by atoms with Gasteiger partial charge in [-0.3, -0.25) is 4.79 Å². The van der Waals surface area contributed by atoms with Gasteiger partial charge in [0.05, 0.1) is 12.3 Å². The maximum Gasteiger partial charge on any atom is 0.168 e. The predicted molar refractivity (Wildman–Crippen MR) is 65.8 cm³/mol. The Hall–Kier alpha value is -1.51. The van der Waals surface area contributed by atoms with E-state index in [4.69, 9.17) is 10.5 Å². The zero-order valence-electron chi connectivity index (χ0n) is 10.3. The molecule has 0 radical (unpaired) electrons. The number of hydrogen-bond donors (Lipinski definition) is 1. The predicted octanol–water partition coefficient (Wildman–Crippen LogP) is 2.90. The summed E-state index contributed by atoms with van der Waals surface area (Å²) in [5.74, 6) is 0.718. The van der Waals surface area contributed by atoms with Crippen molar-refractivity contribution < 1.29 is 9.53 Å². The van der Waals surface area contributed by atoms with Crippen molar-refractivity contribution in [2.45, 2.75) is 27.7 Å². The zero-order valence-corrected chi connectivity index (χ0v) is 10.3. The molecular formula is C13H19NO2. The first-order valence-electron chi connectivity index (χ1n) is 5.43. The number of nitrogen functional groups attached to an aromatic ring is 1. The summed E-state index contributed by atoms with van der Waals surface area (Å²) in [6.45, 7) is 8.14. The van der Waals surface area contributed by atoms with Crippen LogP contribution in [-0.4, -0.2) is 12.4 Å². The Bertz CT molecular complexity index is 391. The molecule has 0 aliphatic heterocycles. The molecule has 0 spiro atoms. The minimum absolute atomic E-state index is 0.0854. The molecule has 0 fully saturated rings. The van der Waals surface area contributed by atoms with E-state index in [1.807, 2.05) is 27.7 Å². The van der Waals surface area contributed by atoms with Gasteiger partial charge in [0.15, 0.2) is 5.78 Å². The van der Waals surface area contributed by atoms with Crippen LogP contribution in [0.15, 0.2) is 18.2 Å². The molecule has 3 heteroatoms. The number of ether oxygens (including phenoxy) is 1. The van der Waals surface area contributed by atoms with Crippen LogP contribution in [0.1, 0.15) is 38.1 Å². The minimum Gasteiger partial charge on any atom is -0.492 e. The second kappa shape index (κ2) is 4.56. The summed E-state index contributed by atoms with van der Waals surface area (Å²) >= 11 is 0. The second-order valence-electron chi connectivity index (χ2n) is 4.76. The molecule has 88 valence electrons. The van der Waals surface area contributed by atoms with Gasteiger partial charge in [-0.25, -0.2) is 0 Å². The molecule has 16 heavy (non-hydrogen) atoms. The Morgan fingerprint density at radius 1 is 1.38 bits per heavy atom. The van der Waals surface area contributed by atoms with E-state index in [0.717, 1.165) is 0 Å². The first-order chi connectivity index (χ1) is 7.36. The van der Waals surface area contributed by atoms with Crippen LogP contribution in [-0.2, 0) is 0 Å². The van der Waals surface area contributed by atoms with Gasteiger partial charge < -0.3 is 10.5 Å². The lowest BCUT2D eigenvalue weighted by atomic mass is 9.86. The number of benzene rings is 1. The first kappa shape index (κ1) is 12.6. The molecule has 1 aromatic carbocycles. The summed E-state index contributed by atoms with van der Waals surface area (Å²) in [6.07, 6.45) is 0. The van der Waals surface area contributed by atoms with E-state index in [9.17, 15) is 4.79 Å². The van der Waals surface area contributed by atoms with E-state index in [-0.39, 0.29) is 11.2 Å². The van der Waals surface area contributed by atoms with Crippen molar-refractivity contribution in [3.63, 3.8) is 0 Å². The molecule has 1 aromatic rings. The molecule has 0 heterocycles. The van der Waals surface area contributed by atoms with Crippen LogP contribution < -0.4 is 10.5 Å². The van der Waals surface area contributed by atoms with Crippen molar-refractivity contribution in [2.24, 2.45) is 5.41 Å². The minimum atomic E-state index is -0.389. The fourth-order valence-electron chi connectivity index (χ4n) is 1.41. The Balaban J connectivity index is 3.02. The third-order valence-corrected chi connectivity index (χ3v) is 2.25. The zero-order chi connectivity index (χ0) is 12.3. The van der Waals surface area contributed by atoms with Gasteiger partial charge >= 0.3 is 0 Å². The molecule has 0 amide bonds. The van der Waals surface area contributed by atoms with Crippen LogP contribution in [0.3, 0.4) is 0 Å². The van der Waals surface area contributed by atoms with Gasteiger partial charge in [0, 0.05) is 11.0 Å². The maximum atomic E-state index is 12.0. The van der Waals surface area contributed by atoms with Gasteiger partial charge in [0.1, 0.15) is 5.75 Å². The van der Waals surface area contributed by atoms with Crippen LogP contribution in [0.4, 0.5) is 5.69 Å². The Morgan fingerprint density at radius 2 is 2.00 bits per heavy atom. The average molecular weight is 221 g/mol. The van der Waals surface area contributed by atoms with Crippen molar-refractivity contribution in [1.29, 1.82) is 0 Å². The smallest absolute Gasteiger partial charge is 0.168 e. The molecule has 0 saturated carbocycles. The van der Waals surface area contributed by atoms with Gasteiger partial charge in [0.2, 0.25) is 0 Å².